The third kappa shape index (κ3) is 3.08. The normalized spacial score (nSPS) is 12.7. The molecule has 0 radical (unpaired) electrons. The summed E-state index contributed by atoms with van der Waals surface area (Å²) in [6.07, 6.45) is 2.21. The highest BCUT2D eigenvalue weighted by atomic mass is 79.9. The van der Waals surface area contributed by atoms with E-state index in [-0.39, 0.29) is 6.04 Å². The highest BCUT2D eigenvalue weighted by Gasteiger charge is 2.15. The number of nitrogens with two attached hydrogens (primary N) is 1. The van der Waals surface area contributed by atoms with E-state index in [9.17, 15) is 0 Å². The van der Waals surface area contributed by atoms with Crippen LogP contribution in [0.5, 0.6) is 0 Å². The number of aromatic nitrogens is 5. The van der Waals surface area contributed by atoms with Crippen molar-refractivity contribution in [2.75, 3.05) is 0 Å². The van der Waals surface area contributed by atoms with Gasteiger partial charge in [-0.2, -0.15) is 4.80 Å². The molecule has 0 aliphatic carbocycles. The first kappa shape index (κ1) is 12.6. The van der Waals surface area contributed by atoms with Crippen LogP contribution in [0, 0.1) is 0 Å². The molecule has 0 amide bonds. The minimum Gasteiger partial charge on any atom is -0.322 e. The Labute approximate surface area is 115 Å². The predicted molar refractivity (Wildman–Crippen MR) is 69.1 cm³/mol. The molecule has 2 aromatic rings. The van der Waals surface area contributed by atoms with Gasteiger partial charge in [0.15, 0.2) is 5.82 Å². The standard InChI is InChI=1S/C9H10Br2N6/c1-17-15-8(14-16-17)3-7(12)9-6(11)2-5(10)4-13-9/h2,4,7H,3,12H2,1H3. The van der Waals surface area contributed by atoms with Crippen LogP contribution >= 0.6 is 31.9 Å². The van der Waals surface area contributed by atoms with E-state index in [1.807, 2.05) is 6.07 Å². The number of halogens is 2. The van der Waals surface area contributed by atoms with Crippen molar-refractivity contribution in [2.45, 2.75) is 12.5 Å². The zero-order chi connectivity index (χ0) is 12.4. The van der Waals surface area contributed by atoms with Crippen LogP contribution in [0.2, 0.25) is 0 Å². The van der Waals surface area contributed by atoms with Gasteiger partial charge in [-0.15, -0.1) is 10.2 Å². The molecule has 0 saturated carbocycles. The van der Waals surface area contributed by atoms with E-state index >= 15 is 0 Å². The lowest BCUT2D eigenvalue weighted by Crippen LogP contribution is -2.16. The summed E-state index contributed by atoms with van der Waals surface area (Å²) in [5, 5.41) is 11.7. The van der Waals surface area contributed by atoms with Crippen molar-refractivity contribution in [1.82, 2.24) is 25.2 Å². The van der Waals surface area contributed by atoms with Crippen LogP contribution in [0.1, 0.15) is 17.6 Å². The molecule has 8 heteroatoms. The quantitative estimate of drug-likeness (QED) is 0.892. The molecule has 0 bridgehead atoms. The van der Waals surface area contributed by atoms with Crippen LogP contribution in [-0.4, -0.2) is 25.2 Å². The van der Waals surface area contributed by atoms with Crippen molar-refractivity contribution in [3.8, 4) is 0 Å². The van der Waals surface area contributed by atoms with E-state index < -0.39 is 0 Å². The Bertz CT molecular complexity index is 526. The largest absolute Gasteiger partial charge is 0.322 e. The smallest absolute Gasteiger partial charge is 0.176 e. The SMILES string of the molecule is Cn1nnc(CC(N)c2ncc(Br)cc2Br)n1. The monoisotopic (exact) mass is 360 g/mol. The minimum absolute atomic E-state index is 0.262. The molecule has 2 heterocycles. The third-order valence-electron chi connectivity index (χ3n) is 2.14. The number of hydrogen-bond acceptors (Lipinski definition) is 5. The van der Waals surface area contributed by atoms with Crippen LogP contribution in [0.3, 0.4) is 0 Å². The number of rotatable bonds is 3. The molecule has 0 fully saturated rings. The van der Waals surface area contributed by atoms with Crippen LogP contribution in [0.4, 0.5) is 0 Å². The fourth-order valence-electron chi connectivity index (χ4n) is 1.40. The van der Waals surface area contributed by atoms with Crippen molar-refractivity contribution < 1.29 is 0 Å². The molecule has 0 aromatic carbocycles. The highest BCUT2D eigenvalue weighted by Crippen LogP contribution is 2.24. The Balaban J connectivity index is 2.17. The van der Waals surface area contributed by atoms with Gasteiger partial charge in [0.1, 0.15) is 0 Å². The third-order valence-corrected chi connectivity index (χ3v) is 3.21. The number of tetrazole rings is 1. The van der Waals surface area contributed by atoms with E-state index in [1.54, 1.807) is 13.2 Å². The molecule has 1 atom stereocenters. The summed E-state index contributed by atoms with van der Waals surface area (Å²) >= 11 is 6.78. The van der Waals surface area contributed by atoms with Crippen LogP contribution < -0.4 is 5.73 Å². The second-order valence-electron chi connectivity index (χ2n) is 3.53. The first-order valence-corrected chi connectivity index (χ1v) is 6.44. The summed E-state index contributed by atoms with van der Waals surface area (Å²) in [7, 11) is 1.72. The average Bonchev–Trinajstić information content (AvgIpc) is 2.63. The van der Waals surface area contributed by atoms with Crippen LogP contribution in [-0.2, 0) is 13.5 Å². The van der Waals surface area contributed by atoms with Gasteiger partial charge in [-0.05, 0) is 43.1 Å². The summed E-state index contributed by atoms with van der Waals surface area (Å²) in [5.74, 6) is 0.608. The maximum Gasteiger partial charge on any atom is 0.176 e. The van der Waals surface area contributed by atoms with Crippen molar-refractivity contribution >= 4 is 31.9 Å². The second kappa shape index (κ2) is 5.19. The van der Waals surface area contributed by atoms with Crippen molar-refractivity contribution in [1.29, 1.82) is 0 Å². The fourth-order valence-corrected chi connectivity index (χ4v) is 2.68. The van der Waals surface area contributed by atoms with Gasteiger partial charge in [-0.1, -0.05) is 0 Å². The van der Waals surface area contributed by atoms with E-state index in [2.05, 4.69) is 52.3 Å². The van der Waals surface area contributed by atoms with Crippen LogP contribution in [0.25, 0.3) is 0 Å². The van der Waals surface area contributed by atoms with Crippen molar-refractivity contribution in [3.05, 3.63) is 32.7 Å². The number of hydrogen-bond donors (Lipinski definition) is 1. The molecule has 0 aliphatic heterocycles. The van der Waals surface area contributed by atoms with E-state index in [0.29, 0.717) is 12.2 Å². The molecule has 1 unspecified atom stereocenters. The lowest BCUT2D eigenvalue weighted by Gasteiger charge is -2.10. The first-order chi connectivity index (χ1) is 8.06. The van der Waals surface area contributed by atoms with E-state index in [4.69, 9.17) is 5.73 Å². The molecule has 90 valence electrons. The van der Waals surface area contributed by atoms with Gasteiger partial charge in [-0.25, -0.2) is 0 Å². The zero-order valence-corrected chi connectivity index (χ0v) is 12.2. The summed E-state index contributed by atoms with van der Waals surface area (Å²) in [6.45, 7) is 0. The lowest BCUT2D eigenvalue weighted by molar-refractivity contribution is 0.620. The number of nitrogens with zero attached hydrogens (tertiary/aromatic N) is 5. The minimum atomic E-state index is -0.262. The topological polar surface area (TPSA) is 82.5 Å². The maximum atomic E-state index is 6.06. The highest BCUT2D eigenvalue weighted by molar-refractivity contribution is 9.11. The molecule has 6 nitrogen and oxygen atoms in total. The molecule has 2 aromatic heterocycles. The molecule has 2 rings (SSSR count). The molecule has 0 aliphatic rings. The maximum absolute atomic E-state index is 6.06. The molecule has 17 heavy (non-hydrogen) atoms. The Morgan fingerprint density at radius 2 is 2.24 bits per heavy atom. The molecular weight excluding hydrogens is 352 g/mol. The zero-order valence-electron chi connectivity index (χ0n) is 9.01. The molecule has 2 N–H and O–H groups in total. The fraction of sp³-hybridized carbons (Fsp3) is 0.333. The summed E-state index contributed by atoms with van der Waals surface area (Å²) in [4.78, 5) is 5.69. The predicted octanol–water partition coefficient (Wildman–Crippen LogP) is 1.37. The second-order valence-corrected chi connectivity index (χ2v) is 5.30. The Morgan fingerprint density at radius 1 is 1.47 bits per heavy atom. The molecular formula is C9H10Br2N6. The van der Waals surface area contributed by atoms with Gasteiger partial charge in [0, 0.05) is 21.6 Å². The van der Waals surface area contributed by atoms with Gasteiger partial charge in [0.2, 0.25) is 0 Å². The Kier molecular flexibility index (Phi) is 3.85. The van der Waals surface area contributed by atoms with Gasteiger partial charge >= 0.3 is 0 Å². The van der Waals surface area contributed by atoms with Gasteiger partial charge in [-0.3, -0.25) is 4.98 Å². The van der Waals surface area contributed by atoms with Crippen molar-refractivity contribution in [2.24, 2.45) is 12.8 Å². The van der Waals surface area contributed by atoms with E-state index in [0.717, 1.165) is 14.6 Å². The molecule has 0 spiro atoms. The lowest BCUT2D eigenvalue weighted by atomic mass is 10.1. The summed E-state index contributed by atoms with van der Waals surface area (Å²) in [5.41, 5.74) is 6.84. The Hall–Kier alpha value is -0.860. The van der Waals surface area contributed by atoms with Crippen LogP contribution in [0.15, 0.2) is 21.2 Å². The van der Waals surface area contributed by atoms with Crippen molar-refractivity contribution in [3.63, 3.8) is 0 Å². The summed E-state index contributed by atoms with van der Waals surface area (Å²) < 4.78 is 1.77. The average molecular weight is 362 g/mol. The number of pyridine rings is 1. The first-order valence-electron chi connectivity index (χ1n) is 4.85. The van der Waals surface area contributed by atoms with Gasteiger partial charge in [0.25, 0.3) is 0 Å². The summed E-state index contributed by atoms with van der Waals surface area (Å²) in [6, 6.07) is 1.65. The molecule has 0 saturated heterocycles. The Morgan fingerprint density at radius 3 is 2.82 bits per heavy atom. The van der Waals surface area contributed by atoms with Gasteiger partial charge < -0.3 is 5.73 Å². The van der Waals surface area contributed by atoms with Gasteiger partial charge in [0.05, 0.1) is 18.8 Å². The number of aryl methyl sites for hydroxylation is 1. The van der Waals surface area contributed by atoms with E-state index in [1.165, 1.54) is 4.80 Å².